The predicted molar refractivity (Wildman–Crippen MR) is 168 cm³/mol. The van der Waals surface area contributed by atoms with E-state index in [1.165, 1.54) is 11.8 Å². The lowest BCUT2D eigenvalue weighted by atomic mass is 9.74. The molecule has 0 aromatic heterocycles. The van der Waals surface area contributed by atoms with Gasteiger partial charge in [-0.2, -0.15) is 0 Å². The van der Waals surface area contributed by atoms with E-state index in [2.05, 4.69) is 10.0 Å². The summed E-state index contributed by atoms with van der Waals surface area (Å²) in [7, 11) is -2.16. The summed E-state index contributed by atoms with van der Waals surface area (Å²) in [6, 6.07) is 21.3. The van der Waals surface area contributed by atoms with Crippen LogP contribution in [0.3, 0.4) is 0 Å². The molecule has 9 nitrogen and oxygen atoms in total. The number of methoxy groups -OCH3 is 1. The molecule has 6 atom stereocenters. The van der Waals surface area contributed by atoms with Crippen LogP contribution in [0.4, 0.5) is 0 Å². The molecule has 3 aromatic rings. The summed E-state index contributed by atoms with van der Waals surface area (Å²) < 4.78 is 32.3. The number of thioether (sulfide) groups is 1. The van der Waals surface area contributed by atoms with E-state index < -0.39 is 46.0 Å². The van der Waals surface area contributed by atoms with Gasteiger partial charge in [0.05, 0.1) is 30.4 Å². The van der Waals surface area contributed by atoms with Crippen LogP contribution in [0.15, 0.2) is 77.7 Å². The summed E-state index contributed by atoms with van der Waals surface area (Å²) in [5, 5.41) is 26.3. The SMILES string of the molecule is COC1CCC(CC(O)C(Cc2ccccc2)NC(=O)C(CSc2ccc3ccccc3c2)NS(C)(=O)=O)C(C(=O)O)C1. The van der Waals surface area contributed by atoms with Gasteiger partial charge < -0.3 is 20.3 Å². The third-order valence-electron chi connectivity index (χ3n) is 8.04. The Balaban J connectivity index is 1.51. The number of aliphatic carboxylic acids is 1. The maximum absolute atomic E-state index is 13.6. The molecule has 0 spiro atoms. The van der Waals surface area contributed by atoms with Crippen LogP contribution in [0, 0.1) is 11.8 Å². The number of carboxylic acid groups (broad SMARTS) is 1. The number of sulfonamides is 1. The molecule has 0 aliphatic heterocycles. The number of hydrogen-bond donors (Lipinski definition) is 4. The fourth-order valence-corrected chi connectivity index (χ4v) is 7.54. The van der Waals surface area contributed by atoms with Crippen molar-refractivity contribution in [2.45, 2.75) is 61.3 Å². The first kappa shape index (κ1) is 32.9. The Morgan fingerprint density at radius 2 is 1.72 bits per heavy atom. The highest BCUT2D eigenvalue weighted by atomic mass is 32.2. The van der Waals surface area contributed by atoms with Crippen molar-refractivity contribution in [1.29, 1.82) is 0 Å². The van der Waals surface area contributed by atoms with Gasteiger partial charge in [0, 0.05) is 17.8 Å². The monoisotopic (exact) mass is 628 g/mol. The highest BCUT2D eigenvalue weighted by molar-refractivity contribution is 7.99. The molecule has 1 saturated carbocycles. The number of amides is 1. The zero-order valence-electron chi connectivity index (χ0n) is 24.4. The van der Waals surface area contributed by atoms with Gasteiger partial charge in [0.2, 0.25) is 15.9 Å². The third-order valence-corrected chi connectivity index (χ3v) is 9.84. The predicted octanol–water partition coefficient (Wildman–Crippen LogP) is 3.84. The van der Waals surface area contributed by atoms with Crippen LogP contribution < -0.4 is 10.0 Å². The number of hydrogen-bond acceptors (Lipinski definition) is 7. The molecule has 1 amide bonds. The zero-order chi connectivity index (χ0) is 31.0. The first-order valence-electron chi connectivity index (χ1n) is 14.4. The smallest absolute Gasteiger partial charge is 0.306 e. The minimum Gasteiger partial charge on any atom is -0.481 e. The molecule has 6 unspecified atom stereocenters. The summed E-state index contributed by atoms with van der Waals surface area (Å²) in [6.07, 6.45) is 1.93. The van der Waals surface area contributed by atoms with Gasteiger partial charge >= 0.3 is 5.97 Å². The Bertz CT molecular complexity index is 1490. The van der Waals surface area contributed by atoms with Crippen LogP contribution >= 0.6 is 11.8 Å². The molecule has 4 N–H and O–H groups in total. The Morgan fingerprint density at radius 1 is 1.02 bits per heavy atom. The summed E-state index contributed by atoms with van der Waals surface area (Å²) in [5.74, 6) is -2.31. The largest absolute Gasteiger partial charge is 0.481 e. The molecule has 1 aliphatic carbocycles. The van der Waals surface area contributed by atoms with Crippen molar-refractivity contribution >= 4 is 44.4 Å². The van der Waals surface area contributed by atoms with Crippen molar-refractivity contribution in [3.8, 4) is 0 Å². The molecular formula is C32H40N2O7S2. The fourth-order valence-electron chi connectivity index (χ4n) is 5.76. The molecule has 1 fully saturated rings. The summed E-state index contributed by atoms with van der Waals surface area (Å²) >= 11 is 1.36. The first-order chi connectivity index (χ1) is 20.5. The number of rotatable bonds is 14. The third kappa shape index (κ3) is 9.77. The molecule has 0 radical (unpaired) electrons. The van der Waals surface area contributed by atoms with Gasteiger partial charge in [-0.15, -0.1) is 11.8 Å². The Hall–Kier alpha value is -2.96. The second-order valence-corrected chi connectivity index (χ2v) is 14.1. The summed E-state index contributed by atoms with van der Waals surface area (Å²) in [5.41, 5.74) is 0.878. The Labute approximate surface area is 257 Å². The molecule has 0 heterocycles. The normalized spacial score (nSPS) is 21.1. The van der Waals surface area contributed by atoms with Gasteiger partial charge in [-0.25, -0.2) is 13.1 Å². The van der Waals surface area contributed by atoms with Crippen molar-refractivity contribution in [3.05, 3.63) is 78.4 Å². The van der Waals surface area contributed by atoms with Crippen LogP contribution in [-0.2, 0) is 30.8 Å². The molecule has 11 heteroatoms. The number of carbonyl (C=O) groups excluding carboxylic acids is 1. The summed E-state index contributed by atoms with van der Waals surface area (Å²) in [6.45, 7) is 0. The van der Waals surface area contributed by atoms with Crippen LogP contribution in [0.2, 0.25) is 0 Å². The van der Waals surface area contributed by atoms with E-state index in [-0.39, 0.29) is 24.2 Å². The average Bonchev–Trinajstić information content (AvgIpc) is 2.98. The molecule has 0 saturated heterocycles. The lowest BCUT2D eigenvalue weighted by Gasteiger charge is -2.36. The molecular weight excluding hydrogens is 588 g/mol. The number of carbonyl (C=O) groups is 2. The topological polar surface area (TPSA) is 142 Å². The second kappa shape index (κ2) is 15.2. The maximum atomic E-state index is 13.6. The van der Waals surface area contributed by atoms with E-state index in [0.717, 1.165) is 27.5 Å². The van der Waals surface area contributed by atoms with Crippen molar-refractivity contribution < 1.29 is 33.0 Å². The van der Waals surface area contributed by atoms with Gasteiger partial charge in [-0.05, 0) is 66.5 Å². The van der Waals surface area contributed by atoms with Gasteiger partial charge in [0.1, 0.15) is 6.04 Å². The average molecular weight is 629 g/mol. The number of ether oxygens (including phenoxy) is 1. The minimum atomic E-state index is -3.73. The van der Waals surface area contributed by atoms with Crippen molar-refractivity contribution in [2.75, 3.05) is 19.1 Å². The van der Waals surface area contributed by atoms with E-state index in [4.69, 9.17) is 4.74 Å². The van der Waals surface area contributed by atoms with E-state index in [1.54, 1.807) is 7.11 Å². The number of fused-ring (bicyclic) bond motifs is 1. The van der Waals surface area contributed by atoms with Crippen LogP contribution in [-0.4, -0.2) is 73.9 Å². The van der Waals surface area contributed by atoms with E-state index in [9.17, 15) is 28.2 Å². The Kier molecular flexibility index (Phi) is 11.6. The van der Waals surface area contributed by atoms with E-state index >= 15 is 0 Å². The van der Waals surface area contributed by atoms with Crippen molar-refractivity contribution in [1.82, 2.24) is 10.0 Å². The number of nitrogens with one attached hydrogen (secondary N) is 2. The second-order valence-electron chi connectivity index (χ2n) is 11.2. The maximum Gasteiger partial charge on any atom is 0.306 e. The summed E-state index contributed by atoms with van der Waals surface area (Å²) in [4.78, 5) is 26.6. The molecule has 0 bridgehead atoms. The number of carboxylic acids is 1. The minimum absolute atomic E-state index is 0.132. The number of aliphatic hydroxyl groups is 1. The van der Waals surface area contributed by atoms with Gasteiger partial charge in [-0.3, -0.25) is 9.59 Å². The number of benzene rings is 3. The van der Waals surface area contributed by atoms with Crippen molar-refractivity contribution in [2.24, 2.45) is 11.8 Å². The molecule has 43 heavy (non-hydrogen) atoms. The Morgan fingerprint density at radius 3 is 2.40 bits per heavy atom. The highest BCUT2D eigenvalue weighted by Crippen LogP contribution is 2.35. The molecule has 3 aromatic carbocycles. The molecule has 4 rings (SSSR count). The lowest BCUT2D eigenvalue weighted by molar-refractivity contribution is -0.148. The molecule has 1 aliphatic rings. The van der Waals surface area contributed by atoms with Crippen molar-refractivity contribution in [3.63, 3.8) is 0 Å². The quantitative estimate of drug-likeness (QED) is 0.197. The van der Waals surface area contributed by atoms with E-state index in [1.807, 2.05) is 72.8 Å². The van der Waals surface area contributed by atoms with Crippen LogP contribution in [0.5, 0.6) is 0 Å². The van der Waals surface area contributed by atoms with Crippen LogP contribution in [0.25, 0.3) is 10.8 Å². The first-order valence-corrected chi connectivity index (χ1v) is 17.3. The fraction of sp³-hybridized carbons (Fsp3) is 0.438. The lowest BCUT2D eigenvalue weighted by Crippen LogP contribution is -2.54. The van der Waals surface area contributed by atoms with Gasteiger partial charge in [0.25, 0.3) is 0 Å². The van der Waals surface area contributed by atoms with E-state index in [0.29, 0.717) is 25.7 Å². The number of aliphatic hydroxyl groups excluding tert-OH is 1. The molecule has 232 valence electrons. The standard InChI is InChI=1S/C32H40N2O7S2/c1-41-25-14-12-24(27(19-25)32(37)38)18-30(35)28(16-21-8-4-3-5-9-21)33-31(36)29(34-43(2,39)40)20-42-26-15-13-22-10-6-7-11-23(22)17-26/h3-11,13,15,17,24-25,27-30,34-35H,12,14,16,18-20H2,1-2H3,(H,33,36)(H,37,38). The van der Waals surface area contributed by atoms with Gasteiger partial charge in [-0.1, -0.05) is 60.7 Å². The zero-order valence-corrected chi connectivity index (χ0v) is 26.0. The van der Waals surface area contributed by atoms with Crippen LogP contribution in [0.1, 0.15) is 31.2 Å². The highest BCUT2D eigenvalue weighted by Gasteiger charge is 2.38. The van der Waals surface area contributed by atoms with Gasteiger partial charge in [0.15, 0.2) is 0 Å².